The summed E-state index contributed by atoms with van der Waals surface area (Å²) in [7, 11) is 0. The van der Waals surface area contributed by atoms with Gasteiger partial charge in [0.1, 0.15) is 5.84 Å². The Hall–Kier alpha value is -1.79. The van der Waals surface area contributed by atoms with E-state index in [4.69, 9.17) is 10.9 Å². The van der Waals surface area contributed by atoms with E-state index in [0.717, 1.165) is 0 Å². The Morgan fingerprint density at radius 3 is 3.07 bits per heavy atom. The van der Waals surface area contributed by atoms with E-state index in [1.807, 2.05) is 0 Å². The first-order valence-electron chi connectivity index (χ1n) is 4.64. The molecule has 1 heterocycles. The maximum absolute atomic E-state index is 11.5. The van der Waals surface area contributed by atoms with Gasteiger partial charge in [0.05, 0.1) is 13.0 Å². The van der Waals surface area contributed by atoms with Crippen LogP contribution in [0.1, 0.15) is 12.8 Å². The Balaban J connectivity index is 2.53. The molecule has 7 nitrogen and oxygen atoms in total. The first-order valence-corrected chi connectivity index (χ1v) is 4.64. The highest BCUT2D eigenvalue weighted by molar-refractivity contribution is 5.99. The Labute approximate surface area is 86.9 Å². The van der Waals surface area contributed by atoms with Crippen molar-refractivity contribution in [3.8, 4) is 0 Å². The normalized spacial score (nSPS) is 18.3. The average molecular weight is 214 g/mol. The lowest BCUT2D eigenvalue weighted by Crippen LogP contribution is -2.39. The third-order valence-corrected chi connectivity index (χ3v) is 2.07. The van der Waals surface area contributed by atoms with Gasteiger partial charge in [0.15, 0.2) is 0 Å². The summed E-state index contributed by atoms with van der Waals surface area (Å²) in [5.41, 5.74) is 5.21. The van der Waals surface area contributed by atoms with Crippen LogP contribution in [0.15, 0.2) is 5.16 Å². The monoisotopic (exact) mass is 214 g/mol. The topological polar surface area (TPSA) is 108 Å². The molecule has 0 spiro atoms. The molecule has 0 radical (unpaired) electrons. The number of rotatable bonds is 2. The molecule has 1 rings (SSSR count). The van der Waals surface area contributed by atoms with Crippen LogP contribution < -0.4 is 11.1 Å². The lowest BCUT2D eigenvalue weighted by Gasteiger charge is -2.18. The largest absolute Gasteiger partial charge is 0.409 e. The van der Waals surface area contributed by atoms with E-state index >= 15 is 0 Å². The molecule has 0 aromatic heterocycles. The van der Waals surface area contributed by atoms with Crippen LogP contribution in [0, 0.1) is 0 Å². The molecule has 1 aliphatic heterocycles. The fourth-order valence-electron chi connectivity index (χ4n) is 1.32. The Morgan fingerprint density at radius 2 is 2.40 bits per heavy atom. The molecular weight excluding hydrogens is 200 g/mol. The Bertz CT molecular complexity index is 290. The molecule has 0 saturated carbocycles. The van der Waals surface area contributed by atoms with Crippen LogP contribution in [-0.4, -0.2) is 47.4 Å². The second kappa shape index (κ2) is 5.18. The number of oxime groups is 1. The predicted molar refractivity (Wildman–Crippen MR) is 52.2 cm³/mol. The summed E-state index contributed by atoms with van der Waals surface area (Å²) < 4.78 is 0. The van der Waals surface area contributed by atoms with Crippen LogP contribution in [0.2, 0.25) is 0 Å². The molecule has 1 saturated heterocycles. The van der Waals surface area contributed by atoms with Gasteiger partial charge in [-0.3, -0.25) is 9.59 Å². The van der Waals surface area contributed by atoms with Gasteiger partial charge in [-0.05, 0) is 6.42 Å². The number of hydrogen-bond acceptors (Lipinski definition) is 4. The van der Waals surface area contributed by atoms with Crippen LogP contribution in [0.5, 0.6) is 0 Å². The number of amidine groups is 1. The molecule has 7 heteroatoms. The summed E-state index contributed by atoms with van der Waals surface area (Å²) in [6.07, 6.45) is 0.553. The molecular formula is C8H14N4O3. The number of carbonyl (C=O) groups is 2. The lowest BCUT2D eigenvalue weighted by molar-refractivity contribution is -0.134. The van der Waals surface area contributed by atoms with E-state index in [9.17, 15) is 9.59 Å². The van der Waals surface area contributed by atoms with Gasteiger partial charge in [0.25, 0.3) is 0 Å². The highest BCUT2D eigenvalue weighted by Gasteiger charge is 2.20. The van der Waals surface area contributed by atoms with E-state index in [-0.39, 0.29) is 30.6 Å². The van der Waals surface area contributed by atoms with E-state index in [0.29, 0.717) is 19.5 Å². The van der Waals surface area contributed by atoms with Gasteiger partial charge in [-0.2, -0.15) is 0 Å². The summed E-state index contributed by atoms with van der Waals surface area (Å²) in [5, 5.41) is 13.7. The van der Waals surface area contributed by atoms with Crippen molar-refractivity contribution in [3.05, 3.63) is 0 Å². The number of hydrogen-bond donors (Lipinski definition) is 3. The maximum Gasteiger partial charge on any atom is 0.239 e. The van der Waals surface area contributed by atoms with Crippen LogP contribution in [0.25, 0.3) is 0 Å². The van der Waals surface area contributed by atoms with Gasteiger partial charge in [-0.25, -0.2) is 0 Å². The summed E-state index contributed by atoms with van der Waals surface area (Å²) in [6, 6.07) is 0. The zero-order valence-electron chi connectivity index (χ0n) is 8.27. The molecule has 84 valence electrons. The average Bonchev–Trinajstić information content (AvgIpc) is 2.42. The van der Waals surface area contributed by atoms with Gasteiger partial charge >= 0.3 is 0 Å². The second-order valence-corrected chi connectivity index (χ2v) is 3.29. The fraction of sp³-hybridized carbons (Fsp3) is 0.625. The van der Waals surface area contributed by atoms with Crippen LogP contribution in [-0.2, 0) is 9.59 Å². The summed E-state index contributed by atoms with van der Waals surface area (Å²) in [6.45, 7) is 1.13. The summed E-state index contributed by atoms with van der Waals surface area (Å²) >= 11 is 0. The Morgan fingerprint density at radius 1 is 1.67 bits per heavy atom. The number of nitrogens with one attached hydrogen (secondary N) is 1. The minimum absolute atomic E-state index is 0.0392. The third-order valence-electron chi connectivity index (χ3n) is 2.07. The Kier molecular flexibility index (Phi) is 3.90. The van der Waals surface area contributed by atoms with Crippen LogP contribution >= 0.6 is 0 Å². The summed E-state index contributed by atoms with van der Waals surface area (Å²) in [5.74, 6) is -0.632. The molecule has 1 fully saturated rings. The zero-order chi connectivity index (χ0) is 11.3. The van der Waals surface area contributed by atoms with Gasteiger partial charge in [0.2, 0.25) is 11.8 Å². The van der Waals surface area contributed by atoms with Crippen LogP contribution in [0.4, 0.5) is 0 Å². The minimum atomic E-state index is -0.303. The van der Waals surface area contributed by atoms with Crippen molar-refractivity contribution in [2.75, 3.05) is 19.6 Å². The highest BCUT2D eigenvalue weighted by atomic mass is 16.4. The van der Waals surface area contributed by atoms with Crippen LogP contribution in [0.3, 0.4) is 0 Å². The van der Waals surface area contributed by atoms with Crippen molar-refractivity contribution in [2.24, 2.45) is 10.9 Å². The molecule has 2 amide bonds. The maximum atomic E-state index is 11.5. The number of carbonyl (C=O) groups excluding carboxylic acids is 2. The van der Waals surface area contributed by atoms with E-state index < -0.39 is 0 Å². The molecule has 0 aromatic rings. The first kappa shape index (κ1) is 11.3. The van der Waals surface area contributed by atoms with E-state index in [2.05, 4.69) is 10.5 Å². The molecule has 4 N–H and O–H groups in total. The predicted octanol–water partition coefficient (Wildman–Crippen LogP) is -1.53. The van der Waals surface area contributed by atoms with E-state index in [1.54, 1.807) is 0 Å². The van der Waals surface area contributed by atoms with E-state index in [1.165, 1.54) is 4.90 Å². The smallest absolute Gasteiger partial charge is 0.239 e. The fourth-order valence-corrected chi connectivity index (χ4v) is 1.32. The molecule has 0 aromatic carbocycles. The molecule has 0 bridgehead atoms. The van der Waals surface area contributed by atoms with Crippen molar-refractivity contribution in [1.29, 1.82) is 0 Å². The molecule has 0 aliphatic carbocycles. The quantitative estimate of drug-likeness (QED) is 0.224. The van der Waals surface area contributed by atoms with Gasteiger partial charge in [0, 0.05) is 13.1 Å². The highest BCUT2D eigenvalue weighted by Crippen LogP contribution is 1.99. The van der Waals surface area contributed by atoms with Crippen molar-refractivity contribution in [1.82, 2.24) is 10.2 Å². The van der Waals surface area contributed by atoms with Gasteiger partial charge in [-0.1, -0.05) is 5.16 Å². The first-order chi connectivity index (χ1) is 7.13. The zero-order valence-corrected chi connectivity index (χ0v) is 8.27. The van der Waals surface area contributed by atoms with Gasteiger partial charge < -0.3 is 21.2 Å². The molecule has 15 heavy (non-hydrogen) atoms. The van der Waals surface area contributed by atoms with Crippen molar-refractivity contribution in [2.45, 2.75) is 12.8 Å². The van der Waals surface area contributed by atoms with Crippen molar-refractivity contribution < 1.29 is 14.8 Å². The molecule has 1 aliphatic rings. The number of nitrogens with zero attached hydrogens (tertiary/aromatic N) is 2. The third kappa shape index (κ3) is 3.45. The number of nitrogens with two attached hydrogens (primary N) is 1. The molecule has 0 atom stereocenters. The lowest BCUT2D eigenvalue weighted by atomic mass is 10.3. The molecule has 0 unspecified atom stereocenters. The SMILES string of the molecule is NC(CC(=O)N1CCCNC(=O)C1)=NO. The summed E-state index contributed by atoms with van der Waals surface area (Å²) in [4.78, 5) is 24.1. The van der Waals surface area contributed by atoms with Gasteiger partial charge in [-0.15, -0.1) is 0 Å². The number of amides is 2. The second-order valence-electron chi connectivity index (χ2n) is 3.29. The van der Waals surface area contributed by atoms with Crippen molar-refractivity contribution >= 4 is 17.6 Å². The van der Waals surface area contributed by atoms with Crippen molar-refractivity contribution in [3.63, 3.8) is 0 Å². The minimum Gasteiger partial charge on any atom is -0.409 e. The standard InChI is InChI=1S/C8H14N4O3/c9-6(11-15)4-8(14)12-3-1-2-10-7(13)5-12/h15H,1-5H2,(H2,9,11)(H,10,13).